The van der Waals surface area contributed by atoms with Crippen LogP contribution in [0, 0.1) is 17.2 Å². The minimum Gasteiger partial charge on any atom is -0.381 e. The van der Waals surface area contributed by atoms with Gasteiger partial charge in [-0.25, -0.2) is 4.98 Å². The third kappa shape index (κ3) is 3.85. The molecular weight excluding hydrogens is 304 g/mol. The van der Waals surface area contributed by atoms with Crippen molar-refractivity contribution in [3.63, 3.8) is 0 Å². The number of hydrogen-bond acceptors (Lipinski definition) is 5. The van der Waals surface area contributed by atoms with E-state index >= 15 is 0 Å². The van der Waals surface area contributed by atoms with Gasteiger partial charge in [0.2, 0.25) is 5.91 Å². The monoisotopic (exact) mass is 328 g/mol. The predicted molar refractivity (Wildman–Crippen MR) is 91.6 cm³/mol. The molecule has 2 saturated carbocycles. The molecule has 0 bridgehead atoms. The Labute approximate surface area is 142 Å². The van der Waals surface area contributed by atoms with Gasteiger partial charge in [-0.3, -0.25) is 4.79 Å². The van der Waals surface area contributed by atoms with Crippen molar-refractivity contribution in [2.45, 2.75) is 57.1 Å². The van der Waals surface area contributed by atoms with E-state index in [0.29, 0.717) is 23.5 Å². The molecule has 0 unspecified atom stereocenters. The molecule has 0 aliphatic heterocycles. The number of nitriles is 1. The van der Waals surface area contributed by atoms with Gasteiger partial charge in [-0.1, -0.05) is 6.42 Å². The van der Waals surface area contributed by atoms with E-state index in [1.54, 1.807) is 13.2 Å². The molecule has 2 aliphatic rings. The van der Waals surface area contributed by atoms with Crippen LogP contribution in [0.3, 0.4) is 0 Å². The second kappa shape index (κ2) is 7.63. The van der Waals surface area contributed by atoms with E-state index in [-0.39, 0.29) is 11.8 Å². The van der Waals surface area contributed by atoms with Crippen LogP contribution < -0.4 is 10.6 Å². The Morgan fingerprint density at radius 1 is 1.29 bits per heavy atom. The Bertz CT molecular complexity index is 628. The second-order valence-electron chi connectivity index (χ2n) is 6.70. The molecule has 0 atom stereocenters. The maximum atomic E-state index is 12.1. The molecule has 1 heterocycles. The molecule has 3 rings (SSSR count). The lowest BCUT2D eigenvalue weighted by atomic mass is 9.85. The number of carbonyl (C=O) groups excluding carboxylic acids is 1. The third-order valence-electron chi connectivity index (χ3n) is 5.12. The summed E-state index contributed by atoms with van der Waals surface area (Å²) >= 11 is 0. The highest BCUT2D eigenvalue weighted by Gasteiger charge is 2.26. The number of hydrogen-bond donors (Lipinski definition) is 2. The number of pyridine rings is 1. The molecule has 0 saturated heterocycles. The van der Waals surface area contributed by atoms with Crippen LogP contribution in [0.25, 0.3) is 0 Å². The van der Waals surface area contributed by atoms with E-state index in [0.717, 1.165) is 50.6 Å². The SMILES string of the molecule is COC1CCC(Nc2cc(NC(=O)C3CCC3)ncc2C#N)CC1. The Morgan fingerprint density at radius 3 is 2.62 bits per heavy atom. The molecule has 2 fully saturated rings. The van der Waals surface area contributed by atoms with Gasteiger partial charge < -0.3 is 15.4 Å². The number of nitrogens with one attached hydrogen (secondary N) is 2. The Hall–Kier alpha value is -2.13. The molecule has 2 N–H and O–H groups in total. The summed E-state index contributed by atoms with van der Waals surface area (Å²) in [5.41, 5.74) is 1.25. The Morgan fingerprint density at radius 2 is 2.04 bits per heavy atom. The van der Waals surface area contributed by atoms with Crippen molar-refractivity contribution in [2.24, 2.45) is 5.92 Å². The molecule has 128 valence electrons. The van der Waals surface area contributed by atoms with Gasteiger partial charge in [0.25, 0.3) is 0 Å². The van der Waals surface area contributed by atoms with Crippen LogP contribution >= 0.6 is 0 Å². The van der Waals surface area contributed by atoms with Crippen molar-refractivity contribution in [1.82, 2.24) is 4.98 Å². The molecule has 1 aromatic rings. The summed E-state index contributed by atoms with van der Waals surface area (Å²) in [7, 11) is 1.76. The summed E-state index contributed by atoms with van der Waals surface area (Å²) < 4.78 is 5.40. The van der Waals surface area contributed by atoms with Crippen molar-refractivity contribution < 1.29 is 9.53 Å². The van der Waals surface area contributed by atoms with Crippen LogP contribution in [0.5, 0.6) is 0 Å². The molecule has 24 heavy (non-hydrogen) atoms. The molecule has 0 spiro atoms. The topological polar surface area (TPSA) is 87.0 Å². The first-order chi connectivity index (χ1) is 11.7. The summed E-state index contributed by atoms with van der Waals surface area (Å²) in [5.74, 6) is 0.659. The normalized spacial score (nSPS) is 23.8. The molecule has 6 nitrogen and oxygen atoms in total. The smallest absolute Gasteiger partial charge is 0.228 e. The number of aromatic nitrogens is 1. The minimum absolute atomic E-state index is 0.0324. The quantitative estimate of drug-likeness (QED) is 0.867. The van der Waals surface area contributed by atoms with Crippen molar-refractivity contribution in [2.75, 3.05) is 17.7 Å². The van der Waals surface area contributed by atoms with Gasteiger partial charge in [0.15, 0.2) is 0 Å². The number of methoxy groups -OCH3 is 1. The van der Waals surface area contributed by atoms with Crippen LogP contribution in [0.1, 0.15) is 50.5 Å². The largest absolute Gasteiger partial charge is 0.381 e. The molecule has 0 aromatic carbocycles. The average molecular weight is 328 g/mol. The van der Waals surface area contributed by atoms with Gasteiger partial charge in [-0.15, -0.1) is 0 Å². The van der Waals surface area contributed by atoms with Gasteiger partial charge in [-0.2, -0.15) is 5.26 Å². The van der Waals surface area contributed by atoms with Gasteiger partial charge in [0, 0.05) is 31.3 Å². The van der Waals surface area contributed by atoms with E-state index in [4.69, 9.17) is 4.74 Å². The lowest BCUT2D eigenvalue weighted by Crippen LogP contribution is -2.30. The van der Waals surface area contributed by atoms with Crippen molar-refractivity contribution in [3.8, 4) is 6.07 Å². The van der Waals surface area contributed by atoms with Gasteiger partial charge in [0.05, 0.1) is 17.4 Å². The van der Waals surface area contributed by atoms with E-state index in [1.807, 2.05) is 0 Å². The van der Waals surface area contributed by atoms with Crippen molar-refractivity contribution >= 4 is 17.4 Å². The highest BCUT2D eigenvalue weighted by Crippen LogP contribution is 2.29. The maximum Gasteiger partial charge on any atom is 0.228 e. The Kier molecular flexibility index (Phi) is 5.31. The molecule has 0 radical (unpaired) electrons. The first-order valence-corrected chi connectivity index (χ1v) is 8.70. The lowest BCUT2D eigenvalue weighted by Gasteiger charge is -2.29. The zero-order valence-corrected chi connectivity index (χ0v) is 14.0. The number of nitrogens with zero attached hydrogens (tertiary/aromatic N) is 2. The van der Waals surface area contributed by atoms with Gasteiger partial charge >= 0.3 is 0 Å². The zero-order chi connectivity index (χ0) is 16.9. The standard InChI is InChI=1S/C18H24N4O2/c1-24-15-7-5-14(6-8-15)21-16-9-17(20-11-13(16)10-19)22-18(23)12-3-2-4-12/h9,11-12,14-15H,2-8H2,1H3,(H2,20,21,22,23). The zero-order valence-electron chi connectivity index (χ0n) is 14.0. The summed E-state index contributed by atoms with van der Waals surface area (Å²) in [6.07, 6.45) is 8.96. The van der Waals surface area contributed by atoms with Crippen LogP contribution in [0.4, 0.5) is 11.5 Å². The fraction of sp³-hybridized carbons (Fsp3) is 0.611. The van der Waals surface area contributed by atoms with Gasteiger partial charge in [0.1, 0.15) is 11.9 Å². The summed E-state index contributed by atoms with van der Waals surface area (Å²) in [6.45, 7) is 0. The summed E-state index contributed by atoms with van der Waals surface area (Å²) in [6, 6.07) is 4.26. The highest BCUT2D eigenvalue weighted by molar-refractivity contribution is 5.92. The number of carbonyl (C=O) groups is 1. The summed E-state index contributed by atoms with van der Waals surface area (Å²) in [4.78, 5) is 16.3. The predicted octanol–water partition coefficient (Wildman–Crippen LogP) is 3.06. The molecule has 1 aromatic heterocycles. The third-order valence-corrected chi connectivity index (χ3v) is 5.12. The number of ether oxygens (including phenoxy) is 1. The fourth-order valence-electron chi connectivity index (χ4n) is 3.29. The lowest BCUT2D eigenvalue weighted by molar-refractivity contribution is -0.122. The molecule has 6 heteroatoms. The van der Waals surface area contributed by atoms with Crippen LogP contribution in [-0.2, 0) is 9.53 Å². The van der Waals surface area contributed by atoms with Crippen LogP contribution in [0.15, 0.2) is 12.3 Å². The van der Waals surface area contributed by atoms with E-state index in [1.165, 1.54) is 6.20 Å². The first kappa shape index (κ1) is 16.7. The summed E-state index contributed by atoms with van der Waals surface area (Å²) in [5, 5.41) is 15.6. The fourth-order valence-corrected chi connectivity index (χ4v) is 3.29. The van der Waals surface area contributed by atoms with E-state index in [2.05, 4.69) is 21.7 Å². The maximum absolute atomic E-state index is 12.1. The minimum atomic E-state index is 0.0324. The van der Waals surface area contributed by atoms with Crippen LogP contribution in [-0.4, -0.2) is 30.1 Å². The molecule has 1 amide bonds. The second-order valence-corrected chi connectivity index (χ2v) is 6.70. The first-order valence-electron chi connectivity index (χ1n) is 8.70. The van der Waals surface area contributed by atoms with E-state index < -0.39 is 0 Å². The highest BCUT2D eigenvalue weighted by atomic mass is 16.5. The molecular formula is C18H24N4O2. The van der Waals surface area contributed by atoms with Crippen molar-refractivity contribution in [3.05, 3.63) is 17.8 Å². The van der Waals surface area contributed by atoms with Crippen molar-refractivity contribution in [1.29, 1.82) is 5.26 Å². The average Bonchev–Trinajstić information content (AvgIpc) is 2.54. The number of amides is 1. The number of rotatable bonds is 5. The Balaban J connectivity index is 1.65. The molecule has 2 aliphatic carbocycles. The van der Waals surface area contributed by atoms with Crippen LogP contribution in [0.2, 0.25) is 0 Å². The number of anilines is 2. The van der Waals surface area contributed by atoms with Gasteiger partial charge in [-0.05, 0) is 38.5 Å². The van der Waals surface area contributed by atoms with E-state index in [9.17, 15) is 10.1 Å².